The zero-order valence-corrected chi connectivity index (χ0v) is 13.2. The summed E-state index contributed by atoms with van der Waals surface area (Å²) in [4.78, 5) is 0. The highest BCUT2D eigenvalue weighted by molar-refractivity contribution is 9.10. The second-order valence-electron chi connectivity index (χ2n) is 5.82. The lowest BCUT2D eigenvalue weighted by Crippen LogP contribution is -2.41. The molecule has 1 aliphatic rings. The third-order valence-corrected chi connectivity index (χ3v) is 5.01. The minimum Gasteiger partial charge on any atom is -0.307 e. The van der Waals surface area contributed by atoms with E-state index >= 15 is 0 Å². The summed E-state index contributed by atoms with van der Waals surface area (Å²) < 4.78 is 1.17. The van der Waals surface area contributed by atoms with Crippen LogP contribution in [0.2, 0.25) is 0 Å². The van der Waals surface area contributed by atoms with Crippen molar-refractivity contribution in [3.63, 3.8) is 0 Å². The SMILES string of the molecule is CC1CCCC(N[C@H](C)c2cccc(Br)c2)C1C. The molecule has 1 fully saturated rings. The minimum atomic E-state index is 0.431. The minimum absolute atomic E-state index is 0.431. The topological polar surface area (TPSA) is 12.0 Å². The van der Waals surface area contributed by atoms with E-state index in [0.29, 0.717) is 12.1 Å². The third-order valence-electron chi connectivity index (χ3n) is 4.52. The van der Waals surface area contributed by atoms with Gasteiger partial charge in [-0.05, 0) is 42.9 Å². The van der Waals surface area contributed by atoms with Gasteiger partial charge >= 0.3 is 0 Å². The van der Waals surface area contributed by atoms with Gasteiger partial charge in [-0.2, -0.15) is 0 Å². The predicted molar refractivity (Wildman–Crippen MR) is 81.7 cm³/mol. The van der Waals surface area contributed by atoms with Crippen LogP contribution in [0.3, 0.4) is 0 Å². The van der Waals surface area contributed by atoms with Crippen molar-refractivity contribution in [3.8, 4) is 0 Å². The van der Waals surface area contributed by atoms with Crippen molar-refractivity contribution in [1.82, 2.24) is 5.32 Å². The smallest absolute Gasteiger partial charge is 0.0294 e. The van der Waals surface area contributed by atoms with Crippen molar-refractivity contribution in [2.45, 2.75) is 52.1 Å². The molecule has 2 rings (SSSR count). The lowest BCUT2D eigenvalue weighted by Gasteiger charge is -2.36. The molecule has 1 aliphatic carbocycles. The van der Waals surface area contributed by atoms with Crippen LogP contribution in [0.25, 0.3) is 0 Å². The lowest BCUT2D eigenvalue weighted by atomic mass is 9.77. The summed E-state index contributed by atoms with van der Waals surface area (Å²) in [6, 6.07) is 9.72. The normalized spacial score (nSPS) is 30.1. The fourth-order valence-corrected chi connectivity index (χ4v) is 3.43. The molecule has 0 radical (unpaired) electrons. The maximum Gasteiger partial charge on any atom is 0.0294 e. The predicted octanol–water partition coefficient (Wildman–Crippen LogP) is 4.92. The maximum atomic E-state index is 3.82. The van der Waals surface area contributed by atoms with E-state index < -0.39 is 0 Å². The Morgan fingerprint density at radius 1 is 1.28 bits per heavy atom. The zero-order chi connectivity index (χ0) is 13.1. The number of benzene rings is 1. The number of hydrogen-bond donors (Lipinski definition) is 1. The Labute approximate surface area is 119 Å². The largest absolute Gasteiger partial charge is 0.307 e. The summed E-state index contributed by atoms with van der Waals surface area (Å²) in [5, 5.41) is 3.82. The van der Waals surface area contributed by atoms with Crippen molar-refractivity contribution in [2.75, 3.05) is 0 Å². The van der Waals surface area contributed by atoms with E-state index in [9.17, 15) is 0 Å². The highest BCUT2D eigenvalue weighted by Gasteiger charge is 2.27. The molecule has 0 heterocycles. The van der Waals surface area contributed by atoms with Gasteiger partial charge in [0.25, 0.3) is 0 Å². The van der Waals surface area contributed by atoms with Gasteiger partial charge in [0.2, 0.25) is 0 Å². The van der Waals surface area contributed by atoms with Gasteiger partial charge in [-0.15, -0.1) is 0 Å². The molecule has 0 aromatic heterocycles. The molecule has 3 unspecified atom stereocenters. The molecule has 18 heavy (non-hydrogen) atoms. The van der Waals surface area contributed by atoms with E-state index in [1.54, 1.807) is 0 Å². The molecule has 0 spiro atoms. The van der Waals surface area contributed by atoms with Gasteiger partial charge in [0, 0.05) is 16.6 Å². The van der Waals surface area contributed by atoms with Crippen LogP contribution in [0.15, 0.2) is 28.7 Å². The Kier molecular flexibility index (Phi) is 4.85. The molecule has 1 aromatic carbocycles. The van der Waals surface area contributed by atoms with Crippen LogP contribution in [0.5, 0.6) is 0 Å². The molecule has 0 bridgehead atoms. The second-order valence-corrected chi connectivity index (χ2v) is 6.73. The van der Waals surface area contributed by atoms with E-state index in [0.717, 1.165) is 11.8 Å². The van der Waals surface area contributed by atoms with E-state index in [1.807, 2.05) is 0 Å². The van der Waals surface area contributed by atoms with Crippen LogP contribution in [0.4, 0.5) is 0 Å². The van der Waals surface area contributed by atoms with Gasteiger partial charge in [-0.25, -0.2) is 0 Å². The lowest BCUT2D eigenvalue weighted by molar-refractivity contribution is 0.196. The van der Waals surface area contributed by atoms with E-state index in [1.165, 1.54) is 29.3 Å². The van der Waals surface area contributed by atoms with Crippen molar-refractivity contribution >= 4 is 15.9 Å². The van der Waals surface area contributed by atoms with Gasteiger partial charge in [0.05, 0.1) is 0 Å². The van der Waals surface area contributed by atoms with Crippen LogP contribution < -0.4 is 5.32 Å². The van der Waals surface area contributed by atoms with Crippen molar-refractivity contribution in [1.29, 1.82) is 0 Å². The maximum absolute atomic E-state index is 3.82. The van der Waals surface area contributed by atoms with Crippen LogP contribution in [-0.2, 0) is 0 Å². The first-order chi connectivity index (χ1) is 8.58. The first kappa shape index (κ1) is 14.1. The van der Waals surface area contributed by atoms with Crippen LogP contribution in [-0.4, -0.2) is 6.04 Å². The number of halogens is 1. The Bertz CT molecular complexity index is 390. The molecular weight excluding hydrogens is 286 g/mol. The van der Waals surface area contributed by atoms with Crippen molar-refractivity contribution in [3.05, 3.63) is 34.3 Å². The number of rotatable bonds is 3. The van der Waals surface area contributed by atoms with Gasteiger partial charge in [0.1, 0.15) is 0 Å². The summed E-state index contributed by atoms with van der Waals surface area (Å²) in [7, 11) is 0. The molecule has 4 atom stereocenters. The van der Waals surface area contributed by atoms with Crippen LogP contribution >= 0.6 is 15.9 Å². The molecule has 2 heteroatoms. The molecular formula is C16H24BrN. The van der Waals surface area contributed by atoms with E-state index in [-0.39, 0.29) is 0 Å². The van der Waals surface area contributed by atoms with E-state index in [4.69, 9.17) is 0 Å². The fourth-order valence-electron chi connectivity index (χ4n) is 3.01. The first-order valence-corrected chi connectivity index (χ1v) is 7.88. The first-order valence-electron chi connectivity index (χ1n) is 7.09. The Morgan fingerprint density at radius 2 is 2.06 bits per heavy atom. The summed E-state index contributed by atoms with van der Waals surface area (Å²) in [6.07, 6.45) is 4.09. The Balaban J connectivity index is 2.00. The van der Waals surface area contributed by atoms with Crippen LogP contribution in [0.1, 0.15) is 51.6 Å². The highest BCUT2D eigenvalue weighted by Crippen LogP contribution is 2.31. The molecule has 1 N–H and O–H groups in total. The van der Waals surface area contributed by atoms with Gasteiger partial charge < -0.3 is 5.32 Å². The highest BCUT2D eigenvalue weighted by atomic mass is 79.9. The van der Waals surface area contributed by atoms with Crippen molar-refractivity contribution in [2.24, 2.45) is 11.8 Å². The second kappa shape index (κ2) is 6.21. The summed E-state index contributed by atoms with van der Waals surface area (Å²) in [5.41, 5.74) is 1.37. The molecule has 0 aliphatic heterocycles. The fraction of sp³-hybridized carbons (Fsp3) is 0.625. The van der Waals surface area contributed by atoms with Crippen molar-refractivity contribution < 1.29 is 0 Å². The third kappa shape index (κ3) is 3.36. The Morgan fingerprint density at radius 3 is 2.78 bits per heavy atom. The molecule has 0 amide bonds. The molecule has 100 valence electrons. The quantitative estimate of drug-likeness (QED) is 0.835. The molecule has 1 nitrogen and oxygen atoms in total. The van der Waals surface area contributed by atoms with Crippen LogP contribution in [0, 0.1) is 11.8 Å². The standard InChI is InChI=1S/C16H24BrN/c1-11-6-4-9-16(12(11)2)18-13(3)14-7-5-8-15(17)10-14/h5,7-8,10-13,16,18H,4,6,9H2,1-3H3/t11?,12?,13-,16?/m1/s1. The van der Waals surface area contributed by atoms with Gasteiger partial charge in [-0.3, -0.25) is 0 Å². The molecule has 0 saturated heterocycles. The van der Waals surface area contributed by atoms with E-state index in [2.05, 4.69) is 66.3 Å². The van der Waals surface area contributed by atoms with Gasteiger partial charge in [0.15, 0.2) is 0 Å². The average molecular weight is 310 g/mol. The number of hydrogen-bond acceptors (Lipinski definition) is 1. The zero-order valence-electron chi connectivity index (χ0n) is 11.6. The number of nitrogens with one attached hydrogen (secondary N) is 1. The van der Waals surface area contributed by atoms with Gasteiger partial charge in [-0.1, -0.05) is 54.8 Å². The molecule has 1 saturated carbocycles. The summed E-state index contributed by atoms with van der Waals surface area (Å²) in [5.74, 6) is 1.64. The average Bonchev–Trinajstić information content (AvgIpc) is 2.35. The summed E-state index contributed by atoms with van der Waals surface area (Å²) >= 11 is 3.55. The monoisotopic (exact) mass is 309 g/mol. The Hall–Kier alpha value is -0.340. The summed E-state index contributed by atoms with van der Waals surface area (Å²) in [6.45, 7) is 7.06. The molecule has 1 aromatic rings.